The van der Waals surface area contributed by atoms with Gasteiger partial charge in [-0.15, -0.1) is 0 Å². The van der Waals surface area contributed by atoms with Gasteiger partial charge >= 0.3 is 0 Å². The molecular formula is C16H14ClFO2. The third-order valence-electron chi connectivity index (χ3n) is 3.16. The van der Waals surface area contributed by atoms with E-state index >= 15 is 0 Å². The van der Waals surface area contributed by atoms with Crippen molar-refractivity contribution in [3.63, 3.8) is 0 Å². The summed E-state index contributed by atoms with van der Waals surface area (Å²) in [4.78, 5) is 11.3. The Balaban J connectivity index is 2.35. The molecule has 2 nitrogen and oxygen atoms in total. The SMILES string of the molecule is COc1ccc(C(CC(=O)Cl)c2ccc(F)cc2)cc1. The van der Waals surface area contributed by atoms with Crippen molar-refractivity contribution in [3.05, 3.63) is 65.5 Å². The summed E-state index contributed by atoms with van der Waals surface area (Å²) in [6.07, 6.45) is 0.166. The fourth-order valence-electron chi connectivity index (χ4n) is 2.12. The molecule has 4 heteroatoms. The van der Waals surface area contributed by atoms with Gasteiger partial charge in [0.2, 0.25) is 5.24 Å². The second-order valence-electron chi connectivity index (χ2n) is 4.44. The molecule has 2 aromatic rings. The maximum Gasteiger partial charge on any atom is 0.222 e. The highest BCUT2D eigenvalue weighted by Crippen LogP contribution is 2.30. The number of halogens is 2. The van der Waals surface area contributed by atoms with Crippen LogP contribution >= 0.6 is 11.6 Å². The van der Waals surface area contributed by atoms with Gasteiger partial charge in [-0.1, -0.05) is 24.3 Å². The number of hydrogen-bond donors (Lipinski definition) is 0. The highest BCUT2D eigenvalue weighted by molar-refractivity contribution is 6.63. The fourth-order valence-corrected chi connectivity index (χ4v) is 2.27. The number of rotatable bonds is 5. The predicted octanol–water partition coefficient (Wildman–Crippen LogP) is 4.12. The van der Waals surface area contributed by atoms with Gasteiger partial charge in [-0.3, -0.25) is 4.79 Å². The van der Waals surface area contributed by atoms with Gasteiger partial charge in [0.25, 0.3) is 0 Å². The second-order valence-corrected chi connectivity index (χ2v) is 4.86. The van der Waals surface area contributed by atoms with Crippen molar-refractivity contribution in [2.75, 3.05) is 7.11 Å². The number of carbonyl (C=O) groups is 1. The number of benzene rings is 2. The summed E-state index contributed by atoms with van der Waals surface area (Å²) in [6, 6.07) is 13.5. The highest BCUT2D eigenvalue weighted by Gasteiger charge is 2.17. The summed E-state index contributed by atoms with van der Waals surface area (Å²) >= 11 is 5.52. The number of ether oxygens (including phenoxy) is 1. The second kappa shape index (κ2) is 6.53. The fraction of sp³-hybridized carbons (Fsp3) is 0.188. The van der Waals surface area contributed by atoms with Gasteiger partial charge in [-0.2, -0.15) is 0 Å². The lowest BCUT2D eigenvalue weighted by Crippen LogP contribution is -2.05. The van der Waals surface area contributed by atoms with Crippen LogP contribution in [0.25, 0.3) is 0 Å². The number of hydrogen-bond acceptors (Lipinski definition) is 2. The first-order chi connectivity index (χ1) is 9.60. The molecule has 0 radical (unpaired) electrons. The van der Waals surface area contributed by atoms with E-state index in [1.165, 1.54) is 12.1 Å². The Morgan fingerprint density at radius 2 is 1.60 bits per heavy atom. The van der Waals surface area contributed by atoms with Gasteiger partial charge in [-0.25, -0.2) is 4.39 Å². The van der Waals surface area contributed by atoms with Crippen molar-refractivity contribution < 1.29 is 13.9 Å². The minimum Gasteiger partial charge on any atom is -0.497 e. The molecule has 0 saturated carbocycles. The Labute approximate surface area is 122 Å². The van der Waals surface area contributed by atoms with E-state index in [1.54, 1.807) is 19.2 Å². The summed E-state index contributed by atoms with van der Waals surface area (Å²) in [7, 11) is 1.59. The van der Waals surface area contributed by atoms with Gasteiger partial charge in [0.15, 0.2) is 0 Å². The van der Waals surface area contributed by atoms with Crippen LogP contribution in [-0.4, -0.2) is 12.4 Å². The lowest BCUT2D eigenvalue weighted by molar-refractivity contribution is -0.111. The van der Waals surface area contributed by atoms with Gasteiger partial charge < -0.3 is 4.74 Å². The van der Waals surface area contributed by atoms with Crippen LogP contribution in [0.1, 0.15) is 23.5 Å². The molecule has 0 N–H and O–H groups in total. The maximum atomic E-state index is 13.0. The third-order valence-corrected chi connectivity index (χ3v) is 3.31. The molecule has 0 aliphatic rings. The Kier molecular flexibility index (Phi) is 4.74. The molecule has 0 amide bonds. The predicted molar refractivity (Wildman–Crippen MR) is 76.7 cm³/mol. The minimum atomic E-state index is -0.421. The molecule has 0 aliphatic carbocycles. The maximum absolute atomic E-state index is 13.0. The Hall–Kier alpha value is -1.87. The van der Waals surface area contributed by atoms with Crippen molar-refractivity contribution in [2.45, 2.75) is 12.3 Å². The standard InChI is InChI=1S/C16H14ClFO2/c1-20-14-8-4-12(5-9-14)15(10-16(17)19)11-2-6-13(18)7-3-11/h2-9,15H,10H2,1H3. The number of methoxy groups -OCH3 is 1. The van der Waals surface area contributed by atoms with Gasteiger partial charge in [-0.05, 0) is 47.0 Å². The van der Waals surface area contributed by atoms with Crippen molar-refractivity contribution in [2.24, 2.45) is 0 Å². The quantitative estimate of drug-likeness (QED) is 0.775. The summed E-state index contributed by atoms with van der Waals surface area (Å²) < 4.78 is 18.1. The molecule has 0 spiro atoms. The van der Waals surface area contributed by atoms with Crippen LogP contribution in [0.4, 0.5) is 4.39 Å². The zero-order valence-electron chi connectivity index (χ0n) is 11.0. The molecule has 20 heavy (non-hydrogen) atoms. The monoisotopic (exact) mass is 292 g/mol. The van der Waals surface area contributed by atoms with Crippen molar-refractivity contribution in [1.29, 1.82) is 0 Å². The Morgan fingerprint density at radius 3 is 2.05 bits per heavy atom. The van der Waals surface area contributed by atoms with Crippen LogP contribution in [0.5, 0.6) is 5.75 Å². The molecule has 0 bridgehead atoms. The lowest BCUT2D eigenvalue weighted by atomic mass is 9.89. The average molecular weight is 293 g/mol. The molecule has 0 heterocycles. The lowest BCUT2D eigenvalue weighted by Gasteiger charge is -2.16. The molecule has 0 aromatic heterocycles. The molecule has 0 saturated heterocycles. The first-order valence-corrected chi connectivity index (χ1v) is 6.55. The van der Waals surface area contributed by atoms with E-state index in [4.69, 9.17) is 16.3 Å². The molecular weight excluding hydrogens is 279 g/mol. The third kappa shape index (κ3) is 3.58. The van der Waals surface area contributed by atoms with Gasteiger partial charge in [0.1, 0.15) is 11.6 Å². The first-order valence-electron chi connectivity index (χ1n) is 6.18. The summed E-state index contributed by atoms with van der Waals surface area (Å²) in [5, 5.41) is -0.421. The summed E-state index contributed by atoms with van der Waals surface area (Å²) in [6.45, 7) is 0. The van der Waals surface area contributed by atoms with Crippen LogP contribution in [0.3, 0.4) is 0 Å². The van der Waals surface area contributed by atoms with E-state index in [0.717, 1.165) is 16.9 Å². The Bertz CT molecular complexity index is 578. The summed E-state index contributed by atoms with van der Waals surface area (Å²) in [5.41, 5.74) is 1.79. The highest BCUT2D eigenvalue weighted by atomic mass is 35.5. The molecule has 1 atom stereocenters. The first kappa shape index (κ1) is 14.5. The topological polar surface area (TPSA) is 26.3 Å². The van der Waals surface area contributed by atoms with Gasteiger partial charge in [0, 0.05) is 12.3 Å². The summed E-state index contributed by atoms with van der Waals surface area (Å²) in [5.74, 6) is 0.245. The molecule has 104 valence electrons. The van der Waals surface area contributed by atoms with Crippen LogP contribution in [0, 0.1) is 5.82 Å². The van der Waals surface area contributed by atoms with Crippen molar-refractivity contribution in [1.82, 2.24) is 0 Å². The largest absolute Gasteiger partial charge is 0.497 e. The Morgan fingerprint density at radius 1 is 1.10 bits per heavy atom. The molecule has 0 aliphatic heterocycles. The molecule has 2 aromatic carbocycles. The van der Waals surface area contributed by atoms with E-state index in [0.29, 0.717) is 0 Å². The van der Waals surface area contributed by atoms with Crippen molar-refractivity contribution >= 4 is 16.8 Å². The van der Waals surface area contributed by atoms with E-state index in [-0.39, 0.29) is 18.2 Å². The van der Waals surface area contributed by atoms with E-state index < -0.39 is 5.24 Å². The van der Waals surface area contributed by atoms with Gasteiger partial charge in [0.05, 0.1) is 7.11 Å². The zero-order valence-corrected chi connectivity index (χ0v) is 11.7. The molecule has 1 unspecified atom stereocenters. The average Bonchev–Trinajstić information content (AvgIpc) is 2.46. The van der Waals surface area contributed by atoms with Crippen LogP contribution in [0.2, 0.25) is 0 Å². The molecule has 0 fully saturated rings. The zero-order chi connectivity index (χ0) is 14.5. The van der Waals surface area contributed by atoms with Crippen molar-refractivity contribution in [3.8, 4) is 5.75 Å². The smallest absolute Gasteiger partial charge is 0.222 e. The van der Waals surface area contributed by atoms with E-state index in [9.17, 15) is 9.18 Å². The van der Waals surface area contributed by atoms with Crippen LogP contribution in [0.15, 0.2) is 48.5 Å². The van der Waals surface area contributed by atoms with E-state index in [1.807, 2.05) is 24.3 Å². The van der Waals surface area contributed by atoms with Crippen LogP contribution < -0.4 is 4.74 Å². The van der Waals surface area contributed by atoms with Crippen LogP contribution in [-0.2, 0) is 4.79 Å². The van der Waals surface area contributed by atoms with E-state index in [2.05, 4.69) is 0 Å². The molecule has 2 rings (SSSR count). The normalized spacial score (nSPS) is 11.9. The minimum absolute atomic E-state index is 0.166. The number of carbonyl (C=O) groups excluding carboxylic acids is 1.